The van der Waals surface area contributed by atoms with E-state index in [1.807, 2.05) is 48.5 Å². The molecule has 11 nitrogen and oxygen atoms in total. The predicted octanol–water partition coefficient (Wildman–Crippen LogP) is 5.98. The molecule has 3 aromatic carbocycles. The van der Waals surface area contributed by atoms with Gasteiger partial charge in [-0.3, -0.25) is 14.5 Å². The molecule has 8 N–H and O–H groups in total. The summed E-state index contributed by atoms with van der Waals surface area (Å²) in [4.78, 5) is 41.5. The fraction of sp³-hybridized carbons (Fsp3) is 0.439. The smallest absolute Gasteiger partial charge is 0.412 e. The van der Waals surface area contributed by atoms with Crippen LogP contribution in [0, 0.1) is 5.92 Å². The standard InChI is InChI=1S/C41H51N5O6/c42-29-12-16-31(17-13-29)46(41(51)52)35-23-26(11-18-32(35)28-6-2-1-3-7-28)5-4-8-38(49)44-30-14-9-27(10-15-30)24-43-25-37(48)33-19-21-36(47)40-34(33)20-22-39(50)45-40/h1-3,6-7,11,18-23,27,29-31,37,43,47-48H,4-5,8-10,12-17,24-25,42H2,(H,44,49)(H,45,50)(H,51,52)/t27?,29?,30?,31?,37-/m1/s1. The van der Waals surface area contributed by atoms with Crippen LogP contribution in [0.25, 0.3) is 22.0 Å². The number of fused-ring (bicyclic) bond motifs is 1. The Morgan fingerprint density at radius 2 is 1.67 bits per heavy atom. The van der Waals surface area contributed by atoms with Crippen LogP contribution in [0.15, 0.2) is 77.6 Å². The molecule has 0 radical (unpaired) electrons. The molecule has 11 heteroatoms. The first-order valence-corrected chi connectivity index (χ1v) is 18.7. The van der Waals surface area contributed by atoms with Crippen LogP contribution in [0.2, 0.25) is 0 Å². The van der Waals surface area contributed by atoms with Gasteiger partial charge in [-0.15, -0.1) is 0 Å². The van der Waals surface area contributed by atoms with Crippen LogP contribution < -0.4 is 26.8 Å². The van der Waals surface area contributed by atoms with Gasteiger partial charge in [0.05, 0.1) is 17.3 Å². The normalized spacial score (nSPS) is 21.0. The highest BCUT2D eigenvalue weighted by molar-refractivity contribution is 5.94. The number of phenols is 1. The summed E-state index contributed by atoms with van der Waals surface area (Å²) in [6.07, 6.45) is 6.79. The van der Waals surface area contributed by atoms with Crippen molar-refractivity contribution in [2.75, 3.05) is 18.0 Å². The van der Waals surface area contributed by atoms with E-state index < -0.39 is 12.2 Å². The summed E-state index contributed by atoms with van der Waals surface area (Å²) in [5.74, 6) is 0.449. The molecule has 2 fully saturated rings. The fourth-order valence-electron chi connectivity index (χ4n) is 7.96. The van der Waals surface area contributed by atoms with Crippen molar-refractivity contribution in [2.45, 2.75) is 94.9 Å². The first kappa shape index (κ1) is 37.1. The van der Waals surface area contributed by atoms with E-state index in [1.165, 1.54) is 12.1 Å². The number of benzene rings is 3. The van der Waals surface area contributed by atoms with Gasteiger partial charge in [-0.25, -0.2) is 4.79 Å². The van der Waals surface area contributed by atoms with Crippen molar-refractivity contribution in [2.24, 2.45) is 11.7 Å². The minimum Gasteiger partial charge on any atom is -0.506 e. The van der Waals surface area contributed by atoms with Crippen molar-refractivity contribution in [3.8, 4) is 16.9 Å². The number of aryl methyl sites for hydroxylation is 1. The van der Waals surface area contributed by atoms with Crippen LogP contribution in [0.5, 0.6) is 5.75 Å². The van der Waals surface area contributed by atoms with E-state index in [0.29, 0.717) is 53.9 Å². The molecule has 1 atom stereocenters. The molecule has 0 bridgehead atoms. The zero-order chi connectivity index (χ0) is 36.6. The number of pyridine rings is 1. The van der Waals surface area contributed by atoms with Gasteiger partial charge < -0.3 is 36.7 Å². The number of aliphatic hydroxyl groups excluding tert-OH is 1. The summed E-state index contributed by atoms with van der Waals surface area (Å²) >= 11 is 0. The molecule has 2 aliphatic carbocycles. The number of hydrogen-bond acceptors (Lipinski definition) is 7. The number of carbonyl (C=O) groups excluding carboxylic acids is 1. The number of nitrogens with zero attached hydrogens (tertiary/aromatic N) is 1. The number of nitrogens with two attached hydrogens (primary N) is 1. The maximum atomic E-state index is 13.0. The van der Waals surface area contributed by atoms with Gasteiger partial charge in [0.2, 0.25) is 11.5 Å². The molecule has 0 unspecified atom stereocenters. The van der Waals surface area contributed by atoms with E-state index in [0.717, 1.165) is 74.6 Å². The number of nitrogens with one attached hydrogen (secondary N) is 3. The summed E-state index contributed by atoms with van der Waals surface area (Å²) in [7, 11) is 0. The van der Waals surface area contributed by atoms with Crippen LogP contribution in [-0.4, -0.2) is 63.5 Å². The topological polar surface area (TPSA) is 181 Å². The van der Waals surface area contributed by atoms with E-state index >= 15 is 0 Å². The first-order valence-electron chi connectivity index (χ1n) is 18.7. The molecule has 276 valence electrons. The highest BCUT2D eigenvalue weighted by Gasteiger charge is 2.31. The lowest BCUT2D eigenvalue weighted by Crippen LogP contribution is -2.44. The summed E-state index contributed by atoms with van der Waals surface area (Å²) in [6.45, 7) is 1.10. The SMILES string of the molecule is NC1CCC(N(C(=O)O)c2cc(CCCC(=O)NC3CCC(CNC[C@@H](O)c4ccc(O)c5[nH]c(=O)ccc45)CC3)ccc2-c2ccccc2)CC1. The van der Waals surface area contributed by atoms with E-state index in [-0.39, 0.29) is 35.3 Å². The van der Waals surface area contributed by atoms with Crippen LogP contribution in [0.1, 0.15) is 81.4 Å². The van der Waals surface area contributed by atoms with Crippen LogP contribution in [-0.2, 0) is 11.2 Å². The fourth-order valence-corrected chi connectivity index (χ4v) is 7.96. The van der Waals surface area contributed by atoms with Crippen molar-refractivity contribution in [3.63, 3.8) is 0 Å². The molecule has 2 aliphatic rings. The Hall–Kier alpha value is -4.71. The molecule has 0 spiro atoms. The zero-order valence-electron chi connectivity index (χ0n) is 29.6. The third-order valence-corrected chi connectivity index (χ3v) is 10.8. The zero-order valence-corrected chi connectivity index (χ0v) is 29.6. The number of hydrogen-bond donors (Lipinski definition) is 7. The molecule has 0 saturated heterocycles. The van der Waals surface area contributed by atoms with Crippen LogP contribution >= 0.6 is 0 Å². The quantitative estimate of drug-likeness (QED) is 0.0886. The Balaban J connectivity index is 0.967. The van der Waals surface area contributed by atoms with Gasteiger partial charge >= 0.3 is 6.09 Å². The van der Waals surface area contributed by atoms with Crippen molar-refractivity contribution >= 4 is 28.6 Å². The molecular weight excluding hydrogens is 658 g/mol. The van der Waals surface area contributed by atoms with E-state index in [1.54, 1.807) is 17.0 Å². The number of aromatic hydroxyl groups is 1. The average Bonchev–Trinajstić information content (AvgIpc) is 3.14. The molecule has 6 rings (SSSR count). The Morgan fingerprint density at radius 3 is 2.40 bits per heavy atom. The molecule has 2 saturated carbocycles. The lowest BCUT2D eigenvalue weighted by molar-refractivity contribution is -0.122. The first-order chi connectivity index (χ1) is 25.2. The van der Waals surface area contributed by atoms with Crippen molar-refractivity contribution < 1.29 is 24.9 Å². The number of carboxylic acid groups (broad SMARTS) is 1. The van der Waals surface area contributed by atoms with Gasteiger partial charge in [-0.2, -0.15) is 0 Å². The number of aromatic amines is 1. The molecule has 0 aliphatic heterocycles. The third kappa shape index (κ3) is 9.20. The summed E-state index contributed by atoms with van der Waals surface area (Å²) in [5, 5.41) is 38.6. The van der Waals surface area contributed by atoms with Crippen molar-refractivity contribution in [1.29, 1.82) is 0 Å². The lowest BCUT2D eigenvalue weighted by atomic mass is 9.86. The minimum absolute atomic E-state index is 0.0338. The number of carbonyl (C=O) groups is 2. The van der Waals surface area contributed by atoms with E-state index in [9.17, 15) is 29.7 Å². The van der Waals surface area contributed by atoms with Gasteiger partial charge in [-0.1, -0.05) is 48.5 Å². The highest BCUT2D eigenvalue weighted by atomic mass is 16.4. The van der Waals surface area contributed by atoms with Crippen molar-refractivity contribution in [3.05, 3.63) is 94.3 Å². The molecule has 4 aromatic rings. The van der Waals surface area contributed by atoms with Gasteiger partial charge in [-0.05, 0) is 112 Å². The maximum absolute atomic E-state index is 13.0. The average molecular weight is 710 g/mol. The number of amides is 2. The molecule has 1 heterocycles. The van der Waals surface area contributed by atoms with Gasteiger partial charge in [0.15, 0.2) is 0 Å². The predicted molar refractivity (Wildman–Crippen MR) is 204 cm³/mol. The largest absolute Gasteiger partial charge is 0.506 e. The second kappa shape index (κ2) is 17.2. The van der Waals surface area contributed by atoms with Crippen molar-refractivity contribution in [1.82, 2.24) is 15.6 Å². The van der Waals surface area contributed by atoms with E-state index in [4.69, 9.17) is 5.73 Å². The Morgan fingerprint density at radius 1 is 0.923 bits per heavy atom. The summed E-state index contributed by atoms with van der Waals surface area (Å²) < 4.78 is 0. The maximum Gasteiger partial charge on any atom is 0.412 e. The number of aromatic nitrogens is 1. The second-order valence-corrected chi connectivity index (χ2v) is 14.5. The van der Waals surface area contributed by atoms with Crippen LogP contribution in [0.4, 0.5) is 10.5 Å². The number of phenolic OH excluding ortho intramolecular Hbond substituents is 1. The minimum atomic E-state index is -0.959. The Labute approximate surface area is 304 Å². The third-order valence-electron chi connectivity index (χ3n) is 10.8. The molecular formula is C41H51N5O6. The molecule has 52 heavy (non-hydrogen) atoms. The summed E-state index contributed by atoms with van der Waals surface area (Å²) in [5.41, 5.74) is 10.3. The van der Waals surface area contributed by atoms with Gasteiger partial charge in [0, 0.05) is 48.1 Å². The second-order valence-electron chi connectivity index (χ2n) is 14.5. The van der Waals surface area contributed by atoms with Gasteiger partial charge in [0.1, 0.15) is 5.75 Å². The highest BCUT2D eigenvalue weighted by Crippen LogP contribution is 2.37. The lowest BCUT2D eigenvalue weighted by Gasteiger charge is -2.35. The van der Waals surface area contributed by atoms with E-state index in [2.05, 4.69) is 15.6 Å². The summed E-state index contributed by atoms with van der Waals surface area (Å²) in [6, 6.07) is 22.2. The number of anilines is 1. The Kier molecular flexibility index (Phi) is 12.3. The number of aliphatic hydroxyl groups is 1. The monoisotopic (exact) mass is 709 g/mol. The molecule has 2 amide bonds. The van der Waals surface area contributed by atoms with Crippen LogP contribution in [0.3, 0.4) is 0 Å². The number of H-pyrrole nitrogens is 1. The van der Waals surface area contributed by atoms with Gasteiger partial charge in [0.25, 0.3) is 0 Å². The Bertz CT molecular complexity index is 1880. The molecule has 1 aromatic heterocycles. The number of rotatable bonds is 13.